The van der Waals surface area contributed by atoms with Crippen molar-refractivity contribution in [3.8, 4) is 6.07 Å². The van der Waals surface area contributed by atoms with E-state index in [1.165, 1.54) is 12.8 Å². The van der Waals surface area contributed by atoms with Crippen LogP contribution in [-0.2, 0) is 9.53 Å². The van der Waals surface area contributed by atoms with E-state index in [0.717, 1.165) is 57.5 Å². The molecule has 0 aliphatic carbocycles. The molecule has 1 unspecified atom stereocenters. The van der Waals surface area contributed by atoms with Crippen molar-refractivity contribution in [3.05, 3.63) is 30.0 Å². The molecule has 0 radical (unpaired) electrons. The van der Waals surface area contributed by atoms with Crippen molar-refractivity contribution in [1.29, 1.82) is 5.26 Å². The number of esters is 1. The maximum Gasteiger partial charge on any atom is 0.329 e. The lowest BCUT2D eigenvalue weighted by molar-refractivity contribution is -0.144. The van der Waals surface area contributed by atoms with Crippen LogP contribution in [0.15, 0.2) is 24.3 Å². The highest BCUT2D eigenvalue weighted by Gasteiger charge is 2.31. The molecule has 7 nitrogen and oxygen atoms in total. The van der Waals surface area contributed by atoms with Gasteiger partial charge in [-0.15, -0.1) is 0 Å². The third kappa shape index (κ3) is 5.92. The average Bonchev–Trinajstić information content (AvgIpc) is 2.81. The van der Waals surface area contributed by atoms with E-state index in [1.807, 2.05) is 24.3 Å². The molecule has 1 aromatic heterocycles. The molecule has 2 heterocycles. The molecule has 1 fully saturated rings. The van der Waals surface area contributed by atoms with Gasteiger partial charge >= 0.3 is 5.97 Å². The van der Waals surface area contributed by atoms with E-state index in [0.29, 0.717) is 23.6 Å². The first-order valence-corrected chi connectivity index (χ1v) is 11.5. The van der Waals surface area contributed by atoms with Crippen LogP contribution in [0.25, 0.3) is 11.0 Å². The van der Waals surface area contributed by atoms with Gasteiger partial charge in [0.2, 0.25) is 0 Å². The number of anilines is 1. The fourth-order valence-corrected chi connectivity index (χ4v) is 3.89. The summed E-state index contributed by atoms with van der Waals surface area (Å²) < 4.78 is 5.46. The van der Waals surface area contributed by atoms with E-state index in [-0.39, 0.29) is 0 Å². The lowest BCUT2D eigenvalue weighted by Gasteiger charge is -2.35. The maximum atomic E-state index is 12.8. The number of nitrogens with zero attached hydrogens (tertiary/aromatic N) is 5. The molecule has 1 aliphatic heterocycles. The van der Waals surface area contributed by atoms with Gasteiger partial charge in [-0.05, 0) is 25.1 Å². The minimum Gasteiger partial charge on any atom is -0.464 e. The summed E-state index contributed by atoms with van der Waals surface area (Å²) in [6.45, 7) is 9.09. The molecule has 0 spiro atoms. The van der Waals surface area contributed by atoms with Crippen LogP contribution in [0.2, 0.25) is 0 Å². The Balaban J connectivity index is 1.80. The molecule has 1 aromatic carbocycles. The van der Waals surface area contributed by atoms with Gasteiger partial charge in [0, 0.05) is 26.2 Å². The van der Waals surface area contributed by atoms with Crippen molar-refractivity contribution in [2.75, 3.05) is 44.2 Å². The van der Waals surface area contributed by atoms with Crippen LogP contribution < -0.4 is 4.90 Å². The Kier molecular flexibility index (Phi) is 8.60. The zero-order valence-electron chi connectivity index (χ0n) is 18.7. The summed E-state index contributed by atoms with van der Waals surface area (Å²) in [6, 6.07) is 9.71. The zero-order chi connectivity index (χ0) is 22.1. The van der Waals surface area contributed by atoms with Crippen LogP contribution in [0, 0.1) is 11.3 Å². The fraction of sp³-hybridized carbons (Fsp3) is 0.583. The number of ether oxygens (including phenoxy) is 1. The molecule has 1 aliphatic rings. The summed E-state index contributed by atoms with van der Waals surface area (Å²) in [5.74, 6) is -0.983. The first-order chi connectivity index (χ1) is 15.2. The number of hydrogen-bond donors (Lipinski definition) is 0. The lowest BCUT2D eigenvalue weighted by atomic mass is 10.1. The third-order valence-electron chi connectivity index (χ3n) is 5.83. The maximum absolute atomic E-state index is 12.8. The van der Waals surface area contributed by atoms with Gasteiger partial charge in [-0.25, -0.2) is 9.97 Å². The van der Waals surface area contributed by atoms with Gasteiger partial charge in [-0.1, -0.05) is 51.7 Å². The lowest BCUT2D eigenvalue weighted by Crippen LogP contribution is -2.47. The molecule has 3 rings (SSSR count). The Morgan fingerprint density at radius 2 is 1.74 bits per heavy atom. The summed E-state index contributed by atoms with van der Waals surface area (Å²) >= 11 is 0. The average molecular weight is 424 g/mol. The highest BCUT2D eigenvalue weighted by atomic mass is 16.5. The number of aromatic nitrogens is 2. The van der Waals surface area contributed by atoms with Gasteiger partial charge in [0.15, 0.2) is 11.7 Å². The van der Waals surface area contributed by atoms with E-state index in [1.54, 1.807) is 0 Å². The quantitative estimate of drug-likeness (QED) is 0.423. The Bertz CT molecular complexity index is 902. The Morgan fingerprint density at radius 3 is 2.39 bits per heavy atom. The van der Waals surface area contributed by atoms with Gasteiger partial charge in [-0.3, -0.25) is 4.79 Å². The molecule has 31 heavy (non-hydrogen) atoms. The van der Waals surface area contributed by atoms with Crippen LogP contribution >= 0.6 is 0 Å². The Hall–Kier alpha value is -2.72. The second-order valence-corrected chi connectivity index (χ2v) is 7.99. The molecule has 1 saturated heterocycles. The molecule has 0 N–H and O–H groups in total. The van der Waals surface area contributed by atoms with Crippen LogP contribution in [-0.4, -0.2) is 60.2 Å². The summed E-state index contributed by atoms with van der Waals surface area (Å²) in [7, 11) is 0. The normalized spacial score (nSPS) is 15.6. The summed E-state index contributed by atoms with van der Waals surface area (Å²) in [5, 5.41) is 9.85. The number of hydrogen-bond acceptors (Lipinski definition) is 7. The van der Waals surface area contributed by atoms with Crippen LogP contribution in [0.1, 0.15) is 57.6 Å². The predicted molar refractivity (Wildman–Crippen MR) is 122 cm³/mol. The first-order valence-electron chi connectivity index (χ1n) is 11.5. The van der Waals surface area contributed by atoms with E-state index >= 15 is 0 Å². The van der Waals surface area contributed by atoms with Gasteiger partial charge in [0.1, 0.15) is 5.69 Å². The molecule has 166 valence electrons. The van der Waals surface area contributed by atoms with Crippen molar-refractivity contribution < 1.29 is 9.53 Å². The minimum atomic E-state index is -1.08. The smallest absolute Gasteiger partial charge is 0.329 e. The molecule has 2 aromatic rings. The largest absolute Gasteiger partial charge is 0.464 e. The second-order valence-electron chi connectivity index (χ2n) is 7.99. The Morgan fingerprint density at radius 1 is 1.06 bits per heavy atom. The molecule has 0 bridgehead atoms. The van der Waals surface area contributed by atoms with Crippen LogP contribution in [0.4, 0.5) is 5.82 Å². The third-order valence-corrected chi connectivity index (χ3v) is 5.83. The number of benzene rings is 1. The number of piperazine rings is 1. The van der Waals surface area contributed by atoms with Gasteiger partial charge in [-0.2, -0.15) is 5.26 Å². The molecule has 0 saturated carbocycles. The Labute approximate surface area is 185 Å². The van der Waals surface area contributed by atoms with Crippen LogP contribution in [0.5, 0.6) is 0 Å². The molecular formula is C24H33N5O2. The molecule has 1 atom stereocenters. The topological polar surface area (TPSA) is 82.3 Å². The highest BCUT2D eigenvalue weighted by molar-refractivity contribution is 5.85. The summed E-state index contributed by atoms with van der Waals surface area (Å²) in [5.41, 5.74) is 1.85. The van der Waals surface area contributed by atoms with Crippen molar-refractivity contribution in [2.45, 2.75) is 51.9 Å². The fourth-order valence-electron chi connectivity index (χ4n) is 3.89. The molecule has 0 amide bonds. The standard InChI is InChI=1S/C24H33N5O2/c1-3-5-6-7-10-17-31-24(30)19(18-25)22-23(29-15-13-28(4-2)14-16-29)27-21-12-9-8-11-20(21)26-22/h8-9,11-12,19H,3-7,10,13-17H2,1-2H3. The second kappa shape index (κ2) is 11.6. The summed E-state index contributed by atoms with van der Waals surface area (Å²) in [6.07, 6.45) is 5.35. The highest BCUT2D eigenvalue weighted by Crippen LogP contribution is 2.28. The van der Waals surface area contributed by atoms with Crippen LogP contribution in [0.3, 0.4) is 0 Å². The van der Waals surface area contributed by atoms with E-state index in [4.69, 9.17) is 14.7 Å². The van der Waals surface area contributed by atoms with E-state index < -0.39 is 11.9 Å². The number of fused-ring (bicyclic) bond motifs is 1. The first kappa shape index (κ1) is 23.0. The van der Waals surface area contributed by atoms with Gasteiger partial charge < -0.3 is 14.5 Å². The monoisotopic (exact) mass is 423 g/mol. The van der Waals surface area contributed by atoms with E-state index in [2.05, 4.69) is 29.7 Å². The van der Waals surface area contributed by atoms with Gasteiger partial charge in [0.05, 0.1) is 23.7 Å². The van der Waals surface area contributed by atoms with Crippen molar-refractivity contribution in [3.63, 3.8) is 0 Å². The molecule has 7 heteroatoms. The van der Waals surface area contributed by atoms with Gasteiger partial charge in [0.25, 0.3) is 0 Å². The van der Waals surface area contributed by atoms with Crippen molar-refractivity contribution in [1.82, 2.24) is 14.9 Å². The number of rotatable bonds is 10. The number of para-hydroxylation sites is 2. The van der Waals surface area contributed by atoms with E-state index in [9.17, 15) is 10.1 Å². The molecular weight excluding hydrogens is 390 g/mol. The van der Waals surface area contributed by atoms with Crippen molar-refractivity contribution in [2.24, 2.45) is 0 Å². The number of carbonyl (C=O) groups is 1. The SMILES string of the molecule is CCCCCCCOC(=O)C(C#N)c1nc2ccccc2nc1N1CCN(CC)CC1. The van der Waals surface area contributed by atoms with Crippen molar-refractivity contribution >= 4 is 22.8 Å². The summed E-state index contributed by atoms with van der Waals surface area (Å²) in [4.78, 5) is 26.8. The predicted octanol–water partition coefficient (Wildman–Crippen LogP) is 3.89. The number of nitriles is 1. The number of carbonyl (C=O) groups excluding carboxylic acids is 1. The number of unbranched alkanes of at least 4 members (excludes halogenated alkanes) is 4. The zero-order valence-corrected chi connectivity index (χ0v) is 18.7. The number of likely N-dealkylation sites (N-methyl/N-ethyl adjacent to an activating group) is 1. The minimum absolute atomic E-state index is 0.340.